The normalized spacial score (nSPS) is 18.9. The summed E-state index contributed by atoms with van der Waals surface area (Å²) in [5.41, 5.74) is 1.68. The van der Waals surface area contributed by atoms with E-state index in [1.807, 2.05) is 30.3 Å². The van der Waals surface area contributed by atoms with Gasteiger partial charge in [-0.05, 0) is 43.1 Å². The van der Waals surface area contributed by atoms with Crippen LogP contribution in [0, 0.1) is 0 Å². The third kappa shape index (κ3) is 3.13. The smallest absolute Gasteiger partial charge is 0.266 e. The number of pyridine rings is 1. The van der Waals surface area contributed by atoms with Gasteiger partial charge >= 0.3 is 0 Å². The molecule has 1 saturated heterocycles. The molecule has 8 heteroatoms. The number of likely N-dealkylation sites (tertiary alicyclic amines) is 1. The van der Waals surface area contributed by atoms with E-state index in [4.69, 9.17) is 25.5 Å². The van der Waals surface area contributed by atoms with Gasteiger partial charge in [0.2, 0.25) is 12.7 Å². The van der Waals surface area contributed by atoms with Gasteiger partial charge in [0.1, 0.15) is 5.69 Å². The highest BCUT2D eigenvalue weighted by molar-refractivity contribution is 6.31. The van der Waals surface area contributed by atoms with Gasteiger partial charge < -0.3 is 13.9 Å². The maximum atomic E-state index is 6.44. The summed E-state index contributed by atoms with van der Waals surface area (Å²) in [5.74, 6) is 2.49. The zero-order valence-electron chi connectivity index (χ0n) is 14.5. The first-order chi connectivity index (χ1) is 13.3. The van der Waals surface area contributed by atoms with Gasteiger partial charge in [-0.3, -0.25) is 9.88 Å². The zero-order chi connectivity index (χ0) is 18.2. The molecule has 2 aromatic heterocycles. The van der Waals surface area contributed by atoms with Crippen LogP contribution in [-0.4, -0.2) is 33.4 Å². The molecule has 0 saturated carbocycles. The van der Waals surface area contributed by atoms with E-state index in [1.165, 1.54) is 0 Å². The second-order valence-electron chi connectivity index (χ2n) is 6.59. The van der Waals surface area contributed by atoms with Crippen molar-refractivity contribution in [2.75, 3.05) is 13.3 Å². The Morgan fingerprint density at radius 1 is 1.15 bits per heavy atom. The molecular formula is C19H17ClN4O3. The highest BCUT2D eigenvalue weighted by atomic mass is 35.5. The summed E-state index contributed by atoms with van der Waals surface area (Å²) in [6.45, 7) is 1.86. The van der Waals surface area contributed by atoms with Crippen LogP contribution in [0.1, 0.15) is 30.3 Å². The Labute approximate surface area is 160 Å². The second-order valence-corrected chi connectivity index (χ2v) is 6.99. The predicted molar refractivity (Wildman–Crippen MR) is 97.5 cm³/mol. The van der Waals surface area contributed by atoms with Crippen molar-refractivity contribution in [3.05, 3.63) is 53.0 Å². The van der Waals surface area contributed by atoms with Crippen LogP contribution in [0.5, 0.6) is 11.5 Å². The van der Waals surface area contributed by atoms with Crippen molar-refractivity contribution in [1.82, 2.24) is 20.1 Å². The fourth-order valence-electron chi connectivity index (χ4n) is 3.56. The molecule has 3 aromatic rings. The van der Waals surface area contributed by atoms with Crippen LogP contribution in [0.3, 0.4) is 0 Å². The molecule has 1 atom stereocenters. The summed E-state index contributed by atoms with van der Waals surface area (Å²) in [5, 5.41) is 9.11. The number of fused-ring (bicyclic) bond motifs is 1. The Balaban J connectivity index is 1.38. The minimum Gasteiger partial charge on any atom is -0.454 e. The molecule has 4 heterocycles. The first-order valence-electron chi connectivity index (χ1n) is 8.85. The number of aromatic nitrogens is 3. The number of rotatable bonds is 4. The van der Waals surface area contributed by atoms with Gasteiger partial charge in [0, 0.05) is 23.8 Å². The van der Waals surface area contributed by atoms with Crippen LogP contribution in [0.4, 0.5) is 0 Å². The van der Waals surface area contributed by atoms with Crippen LogP contribution in [0.2, 0.25) is 5.02 Å². The lowest BCUT2D eigenvalue weighted by Crippen LogP contribution is -2.23. The van der Waals surface area contributed by atoms with Crippen LogP contribution >= 0.6 is 11.6 Å². The highest BCUT2D eigenvalue weighted by Gasteiger charge is 2.31. The van der Waals surface area contributed by atoms with E-state index in [0.29, 0.717) is 34.8 Å². The van der Waals surface area contributed by atoms with Crippen molar-refractivity contribution in [2.24, 2.45) is 0 Å². The maximum absolute atomic E-state index is 6.44. The van der Waals surface area contributed by atoms with Gasteiger partial charge in [0.05, 0.1) is 6.04 Å². The fraction of sp³-hybridized carbons (Fsp3) is 0.316. The summed E-state index contributed by atoms with van der Waals surface area (Å²) >= 11 is 6.44. The third-order valence-corrected chi connectivity index (χ3v) is 5.24. The van der Waals surface area contributed by atoms with Crippen LogP contribution < -0.4 is 9.47 Å². The van der Waals surface area contributed by atoms with Crippen molar-refractivity contribution in [2.45, 2.75) is 25.4 Å². The topological polar surface area (TPSA) is 73.5 Å². The van der Waals surface area contributed by atoms with Gasteiger partial charge in [-0.15, -0.1) is 10.2 Å². The van der Waals surface area contributed by atoms with Crippen LogP contribution in [0.15, 0.2) is 40.9 Å². The molecule has 5 rings (SSSR count). The molecular weight excluding hydrogens is 368 g/mol. The molecule has 0 bridgehead atoms. The standard InChI is InChI=1S/C19H17ClN4O3/c20-13-9-17-16(25-11-26-17)8-12(13)10-24-7-3-5-15(24)19-23-22-18(27-19)14-4-1-2-6-21-14/h1-2,4,6,8-9,15H,3,5,7,10-11H2. The van der Waals surface area contributed by atoms with E-state index < -0.39 is 0 Å². The number of ether oxygens (including phenoxy) is 2. The van der Waals surface area contributed by atoms with Crippen molar-refractivity contribution in [3.8, 4) is 23.1 Å². The van der Waals surface area contributed by atoms with E-state index in [0.717, 1.165) is 30.7 Å². The summed E-state index contributed by atoms with van der Waals surface area (Å²) in [4.78, 5) is 6.57. The lowest BCUT2D eigenvalue weighted by atomic mass is 10.1. The molecule has 0 amide bonds. The SMILES string of the molecule is Clc1cc2c(cc1CN1CCCC1c1nnc(-c3ccccn3)o1)OCO2. The second kappa shape index (κ2) is 6.83. The van der Waals surface area contributed by atoms with Gasteiger partial charge in [-0.1, -0.05) is 17.7 Å². The highest BCUT2D eigenvalue weighted by Crippen LogP contribution is 2.39. The molecule has 2 aliphatic heterocycles. The summed E-state index contributed by atoms with van der Waals surface area (Å²) in [7, 11) is 0. The molecule has 138 valence electrons. The first kappa shape index (κ1) is 16.5. The Hall–Kier alpha value is -2.64. The number of hydrogen-bond acceptors (Lipinski definition) is 7. The minimum absolute atomic E-state index is 0.0662. The summed E-state index contributed by atoms with van der Waals surface area (Å²) in [6.07, 6.45) is 3.74. The predicted octanol–water partition coefficient (Wildman–Crippen LogP) is 3.85. The number of hydrogen-bond donors (Lipinski definition) is 0. The molecule has 0 aliphatic carbocycles. The maximum Gasteiger partial charge on any atom is 0.266 e. The Bertz CT molecular complexity index is 963. The molecule has 0 N–H and O–H groups in total. The molecule has 1 fully saturated rings. The summed E-state index contributed by atoms with van der Waals surface area (Å²) < 4.78 is 16.8. The lowest BCUT2D eigenvalue weighted by Gasteiger charge is -2.22. The third-order valence-electron chi connectivity index (χ3n) is 4.89. The molecule has 1 aromatic carbocycles. The Morgan fingerprint density at radius 2 is 2.04 bits per heavy atom. The first-order valence-corrected chi connectivity index (χ1v) is 9.22. The van der Waals surface area contributed by atoms with E-state index >= 15 is 0 Å². The van der Waals surface area contributed by atoms with E-state index in [2.05, 4.69) is 20.1 Å². The van der Waals surface area contributed by atoms with Gasteiger partial charge in [-0.25, -0.2) is 0 Å². The molecule has 1 unspecified atom stereocenters. The fourth-order valence-corrected chi connectivity index (χ4v) is 3.77. The van der Waals surface area contributed by atoms with Gasteiger partial charge in [0.25, 0.3) is 5.89 Å². The van der Waals surface area contributed by atoms with Crippen LogP contribution in [0.25, 0.3) is 11.6 Å². The quantitative estimate of drug-likeness (QED) is 0.676. The molecule has 2 aliphatic rings. The average molecular weight is 385 g/mol. The molecule has 27 heavy (non-hydrogen) atoms. The van der Waals surface area contributed by atoms with Crippen LogP contribution in [-0.2, 0) is 6.54 Å². The number of halogens is 1. The minimum atomic E-state index is 0.0662. The lowest BCUT2D eigenvalue weighted by molar-refractivity contribution is 0.174. The van der Waals surface area contributed by atoms with E-state index in [9.17, 15) is 0 Å². The zero-order valence-corrected chi connectivity index (χ0v) is 15.2. The van der Waals surface area contributed by atoms with Gasteiger partial charge in [-0.2, -0.15) is 0 Å². The van der Waals surface area contributed by atoms with Crippen molar-refractivity contribution >= 4 is 11.6 Å². The van der Waals surface area contributed by atoms with Crippen molar-refractivity contribution in [1.29, 1.82) is 0 Å². The Kier molecular flexibility index (Phi) is 4.18. The average Bonchev–Trinajstić information content (AvgIpc) is 3.42. The van der Waals surface area contributed by atoms with Crippen molar-refractivity contribution < 1.29 is 13.9 Å². The number of nitrogens with zero attached hydrogens (tertiary/aromatic N) is 4. The van der Waals surface area contributed by atoms with E-state index in [1.54, 1.807) is 6.20 Å². The molecule has 7 nitrogen and oxygen atoms in total. The largest absolute Gasteiger partial charge is 0.454 e. The van der Waals surface area contributed by atoms with E-state index in [-0.39, 0.29) is 12.8 Å². The summed E-state index contributed by atoms with van der Waals surface area (Å²) in [6, 6.07) is 9.44. The Morgan fingerprint density at radius 3 is 2.89 bits per heavy atom. The van der Waals surface area contributed by atoms with Crippen molar-refractivity contribution in [3.63, 3.8) is 0 Å². The molecule has 0 radical (unpaired) electrons. The molecule has 0 spiro atoms. The monoisotopic (exact) mass is 384 g/mol. The van der Waals surface area contributed by atoms with Gasteiger partial charge in [0.15, 0.2) is 11.5 Å². The number of benzene rings is 1.